The molecule has 2 aliphatic rings. The second-order valence-corrected chi connectivity index (χ2v) is 13.0. The molecular weight excluding hydrogens is 527 g/mol. The van der Waals surface area contributed by atoms with Crippen LogP contribution in [0.1, 0.15) is 79.0 Å². The van der Waals surface area contributed by atoms with E-state index in [4.69, 9.17) is 0 Å². The number of unbranched alkanes of at least 4 members (excludes halogenated alkanes) is 2. The molecule has 1 heterocycles. The number of fused-ring (bicyclic) bond motifs is 1. The Balaban J connectivity index is 1.59. The van der Waals surface area contributed by atoms with E-state index < -0.39 is 5.41 Å². The SMILES string of the molecule is CCCCCc1c(C)c2c(c(C)c1B1Nc3cccc4cc(C)cc(c34)N1Cc1ccccc1)CC(C(C)=O)(C(C)=O)C2. The summed E-state index contributed by atoms with van der Waals surface area (Å²) in [6.07, 6.45) is 5.45. The van der Waals surface area contributed by atoms with Gasteiger partial charge >= 0.3 is 6.98 Å². The Morgan fingerprint density at radius 3 is 2.26 bits per heavy atom. The Morgan fingerprint density at radius 2 is 1.58 bits per heavy atom. The molecule has 0 fully saturated rings. The molecule has 0 saturated carbocycles. The highest BCUT2D eigenvalue weighted by molar-refractivity contribution is 6.81. The van der Waals surface area contributed by atoms with E-state index in [1.165, 1.54) is 67.3 Å². The normalized spacial score (nSPS) is 15.0. The largest absolute Gasteiger partial charge is 0.409 e. The molecule has 0 aromatic heterocycles. The van der Waals surface area contributed by atoms with Gasteiger partial charge in [0.25, 0.3) is 0 Å². The molecule has 220 valence electrons. The lowest BCUT2D eigenvalue weighted by molar-refractivity contribution is -0.137. The number of hydrogen-bond donors (Lipinski definition) is 1. The highest BCUT2D eigenvalue weighted by Gasteiger charge is 2.48. The highest BCUT2D eigenvalue weighted by Crippen LogP contribution is 2.44. The molecule has 0 spiro atoms. The van der Waals surface area contributed by atoms with Crippen molar-refractivity contribution in [1.29, 1.82) is 0 Å². The summed E-state index contributed by atoms with van der Waals surface area (Å²) in [5.41, 5.74) is 11.6. The van der Waals surface area contributed by atoms with Crippen molar-refractivity contribution in [1.82, 2.24) is 0 Å². The van der Waals surface area contributed by atoms with Crippen molar-refractivity contribution in [2.45, 2.75) is 86.6 Å². The summed E-state index contributed by atoms with van der Waals surface area (Å²) in [7, 11) is 0. The lowest BCUT2D eigenvalue weighted by Crippen LogP contribution is -2.58. The number of nitrogens with zero attached hydrogens (tertiary/aromatic N) is 1. The highest BCUT2D eigenvalue weighted by atomic mass is 16.2. The maximum absolute atomic E-state index is 13.1. The molecule has 0 atom stereocenters. The second kappa shape index (κ2) is 11.3. The van der Waals surface area contributed by atoms with E-state index in [0.717, 1.165) is 31.5 Å². The number of rotatable bonds is 9. The second-order valence-electron chi connectivity index (χ2n) is 13.0. The summed E-state index contributed by atoms with van der Waals surface area (Å²) in [6.45, 7) is 12.8. The lowest BCUT2D eigenvalue weighted by Gasteiger charge is -2.40. The molecule has 0 bridgehead atoms. The zero-order chi connectivity index (χ0) is 30.5. The zero-order valence-corrected chi connectivity index (χ0v) is 26.6. The van der Waals surface area contributed by atoms with Gasteiger partial charge in [0.2, 0.25) is 0 Å². The fraction of sp³-hybridized carbons (Fsp3) is 0.368. The summed E-state index contributed by atoms with van der Waals surface area (Å²) < 4.78 is 0. The van der Waals surface area contributed by atoms with Crippen LogP contribution in [0.2, 0.25) is 0 Å². The predicted octanol–water partition coefficient (Wildman–Crippen LogP) is 7.59. The first-order chi connectivity index (χ1) is 20.7. The Labute approximate surface area is 257 Å². The first-order valence-corrected chi connectivity index (χ1v) is 15.9. The van der Waals surface area contributed by atoms with Gasteiger partial charge < -0.3 is 10.0 Å². The molecule has 5 heteroatoms. The molecule has 0 saturated heterocycles. The van der Waals surface area contributed by atoms with Gasteiger partial charge in [-0.05, 0) is 122 Å². The molecule has 1 aliphatic heterocycles. The number of carbonyl (C=O) groups is 2. The van der Waals surface area contributed by atoms with Crippen LogP contribution in [0.25, 0.3) is 10.8 Å². The molecule has 0 radical (unpaired) electrons. The molecule has 43 heavy (non-hydrogen) atoms. The van der Waals surface area contributed by atoms with Crippen LogP contribution in [0.15, 0.2) is 60.7 Å². The van der Waals surface area contributed by atoms with Gasteiger partial charge in [-0.15, -0.1) is 0 Å². The maximum atomic E-state index is 13.1. The first-order valence-electron chi connectivity index (χ1n) is 15.9. The van der Waals surface area contributed by atoms with Gasteiger partial charge in [0.05, 0.1) is 5.41 Å². The number of Topliss-reactive ketones (excluding diaryl/α,β-unsaturated/α-hetero) is 2. The number of hydrogen-bond acceptors (Lipinski definition) is 4. The van der Waals surface area contributed by atoms with Gasteiger partial charge in [-0.2, -0.15) is 0 Å². The van der Waals surface area contributed by atoms with Crippen molar-refractivity contribution in [3.8, 4) is 0 Å². The van der Waals surface area contributed by atoms with Gasteiger partial charge in [-0.3, -0.25) is 9.59 Å². The number of carbonyl (C=O) groups excluding carboxylic acids is 2. The van der Waals surface area contributed by atoms with Crippen molar-refractivity contribution < 1.29 is 9.59 Å². The monoisotopic (exact) mass is 570 g/mol. The number of aryl methyl sites for hydroxylation is 1. The molecule has 1 N–H and O–H groups in total. The van der Waals surface area contributed by atoms with Gasteiger partial charge in [-0.1, -0.05) is 68.3 Å². The third-order valence-electron chi connectivity index (χ3n) is 10.3. The van der Waals surface area contributed by atoms with Crippen LogP contribution in [0.4, 0.5) is 11.4 Å². The standard InChI is InChI=1S/C38H43BN2O2/c1-7-8-10-17-31-25(3)32-21-38(27(5)42,28(6)43)22-33(32)26(4)37(31)39-40-34-18-13-16-30-19-24(2)20-35(36(30)34)41(39)23-29-14-11-9-12-15-29/h9,11-16,18-20,40H,7-8,10,17,21-23H2,1-6H3. The van der Waals surface area contributed by atoms with E-state index in [2.05, 4.69) is 98.4 Å². The van der Waals surface area contributed by atoms with Crippen molar-refractivity contribution in [2.24, 2.45) is 5.41 Å². The van der Waals surface area contributed by atoms with Crippen LogP contribution in [0.3, 0.4) is 0 Å². The fourth-order valence-corrected chi connectivity index (χ4v) is 7.81. The Morgan fingerprint density at radius 1 is 0.884 bits per heavy atom. The molecule has 6 rings (SSSR count). The van der Waals surface area contributed by atoms with Gasteiger partial charge in [0.15, 0.2) is 0 Å². The summed E-state index contributed by atoms with van der Waals surface area (Å²) in [5, 5.41) is 6.52. The minimum Gasteiger partial charge on any atom is -0.405 e. The smallest absolute Gasteiger partial charge is 0.405 e. The Kier molecular flexibility index (Phi) is 7.70. The molecule has 1 aliphatic carbocycles. The third-order valence-corrected chi connectivity index (χ3v) is 10.3. The van der Waals surface area contributed by atoms with Crippen LogP contribution < -0.4 is 15.5 Å². The molecule has 4 aromatic rings. The van der Waals surface area contributed by atoms with Crippen LogP contribution in [0.5, 0.6) is 0 Å². The summed E-state index contributed by atoms with van der Waals surface area (Å²) in [4.78, 5) is 28.7. The average Bonchev–Trinajstić information content (AvgIpc) is 3.41. The summed E-state index contributed by atoms with van der Waals surface area (Å²) in [5.74, 6) is -0.0247. The third kappa shape index (κ3) is 4.87. The van der Waals surface area contributed by atoms with E-state index in [1.54, 1.807) is 13.8 Å². The van der Waals surface area contributed by atoms with Crippen molar-refractivity contribution in [2.75, 3.05) is 10.0 Å². The molecule has 4 nitrogen and oxygen atoms in total. The summed E-state index contributed by atoms with van der Waals surface area (Å²) in [6, 6.07) is 21.9. The van der Waals surface area contributed by atoms with E-state index in [1.807, 2.05) is 0 Å². The van der Waals surface area contributed by atoms with Crippen molar-refractivity contribution >= 4 is 46.2 Å². The number of nitrogens with one attached hydrogen (secondary N) is 1. The molecule has 0 amide bonds. The maximum Gasteiger partial charge on any atom is 0.409 e. The average molecular weight is 571 g/mol. The number of ketones is 2. The molecular formula is C38H43BN2O2. The topological polar surface area (TPSA) is 49.4 Å². The van der Waals surface area contributed by atoms with Gasteiger partial charge in [-0.25, -0.2) is 0 Å². The number of anilines is 2. The zero-order valence-electron chi connectivity index (χ0n) is 26.6. The van der Waals surface area contributed by atoms with Crippen LogP contribution >= 0.6 is 0 Å². The van der Waals surface area contributed by atoms with E-state index >= 15 is 0 Å². The van der Waals surface area contributed by atoms with Gasteiger partial charge in [0.1, 0.15) is 11.6 Å². The van der Waals surface area contributed by atoms with Gasteiger partial charge in [0, 0.05) is 23.3 Å². The van der Waals surface area contributed by atoms with Crippen LogP contribution in [0, 0.1) is 26.2 Å². The Hall–Kier alpha value is -3.86. The van der Waals surface area contributed by atoms with Crippen molar-refractivity contribution in [3.63, 3.8) is 0 Å². The number of benzene rings is 4. The van der Waals surface area contributed by atoms with E-state index in [-0.39, 0.29) is 18.5 Å². The predicted molar refractivity (Wildman–Crippen MR) is 181 cm³/mol. The first kappa shape index (κ1) is 29.2. The summed E-state index contributed by atoms with van der Waals surface area (Å²) >= 11 is 0. The fourth-order valence-electron chi connectivity index (χ4n) is 7.81. The minimum atomic E-state index is -0.948. The Bertz CT molecular complexity index is 1730. The molecule has 0 unspecified atom stereocenters. The van der Waals surface area contributed by atoms with Crippen LogP contribution in [-0.4, -0.2) is 18.5 Å². The molecule has 4 aromatic carbocycles. The van der Waals surface area contributed by atoms with E-state index in [9.17, 15) is 9.59 Å². The quantitative estimate of drug-likeness (QED) is 0.128. The van der Waals surface area contributed by atoms with Crippen molar-refractivity contribution in [3.05, 3.63) is 99.6 Å². The van der Waals surface area contributed by atoms with E-state index in [0.29, 0.717) is 12.8 Å². The lowest BCUT2D eigenvalue weighted by atomic mass is 9.58. The minimum absolute atomic E-state index is 0.0124. The van der Waals surface area contributed by atoms with Crippen LogP contribution in [-0.2, 0) is 35.4 Å².